The molecule has 0 aliphatic heterocycles. The normalized spacial score (nSPS) is 18.5. The third kappa shape index (κ3) is 4.81. The Balaban J connectivity index is 1.19. The second-order valence-corrected chi connectivity index (χ2v) is 14.8. The molecule has 55 heavy (non-hydrogen) atoms. The van der Waals surface area contributed by atoms with Crippen LogP contribution in [0, 0.1) is 5.92 Å². The molecule has 3 unspecified atom stereocenters. The van der Waals surface area contributed by atoms with E-state index in [0.29, 0.717) is 0 Å². The van der Waals surface area contributed by atoms with E-state index < -0.39 is 5.41 Å². The first kappa shape index (κ1) is 31.6. The first-order valence-electron chi connectivity index (χ1n) is 19.2. The molecule has 2 aliphatic carbocycles. The lowest BCUT2D eigenvalue weighted by Gasteiger charge is -2.39. The molecule has 0 fully saturated rings. The summed E-state index contributed by atoms with van der Waals surface area (Å²) in [6, 6.07) is 68.6. The van der Waals surface area contributed by atoms with Crippen molar-refractivity contribution in [1.82, 2.24) is 0 Å². The van der Waals surface area contributed by atoms with Crippen molar-refractivity contribution in [2.45, 2.75) is 11.3 Å². The number of nitrogens with zero attached hydrogens (tertiary/aromatic N) is 1. The smallest absolute Gasteiger partial charge is 0.143 e. The summed E-state index contributed by atoms with van der Waals surface area (Å²) in [4.78, 5) is 2.45. The predicted octanol–water partition coefficient (Wildman–Crippen LogP) is 14.0. The summed E-state index contributed by atoms with van der Waals surface area (Å²) in [5.74, 6) is 0.507. The maximum absolute atomic E-state index is 6.58. The van der Waals surface area contributed by atoms with Crippen molar-refractivity contribution >= 4 is 49.8 Å². The number of para-hydroxylation sites is 1. The molecule has 11 rings (SSSR count). The summed E-state index contributed by atoms with van der Waals surface area (Å²) in [5.41, 5.74) is 12.5. The Morgan fingerprint density at radius 3 is 1.95 bits per heavy atom. The SMILES string of the molecule is C1=CC2c3ccccc3C(c3ccccc3)(c3cccc(N(c4ccc(-c5ccccc5)cc4)c4cc5c6ccccc6oc5c5ccccc45)c3)C2C=C1. The molecule has 0 amide bonds. The van der Waals surface area contributed by atoms with Gasteiger partial charge in [0.2, 0.25) is 0 Å². The van der Waals surface area contributed by atoms with Gasteiger partial charge in [-0.3, -0.25) is 0 Å². The fourth-order valence-electron chi connectivity index (χ4n) is 9.67. The van der Waals surface area contributed by atoms with E-state index in [0.717, 1.165) is 49.8 Å². The highest BCUT2D eigenvalue weighted by Gasteiger charge is 2.52. The van der Waals surface area contributed by atoms with Gasteiger partial charge in [-0.15, -0.1) is 0 Å². The second kappa shape index (κ2) is 12.6. The molecule has 260 valence electrons. The van der Waals surface area contributed by atoms with Crippen LogP contribution in [0.4, 0.5) is 17.1 Å². The molecular formula is C53H37NO. The second-order valence-electron chi connectivity index (χ2n) is 14.8. The van der Waals surface area contributed by atoms with Gasteiger partial charge in [0.25, 0.3) is 0 Å². The molecule has 2 heteroatoms. The fourth-order valence-corrected chi connectivity index (χ4v) is 9.67. The van der Waals surface area contributed by atoms with Gasteiger partial charge in [0.1, 0.15) is 11.2 Å². The van der Waals surface area contributed by atoms with Gasteiger partial charge in [0, 0.05) is 44.8 Å². The number of hydrogen-bond acceptors (Lipinski definition) is 2. The van der Waals surface area contributed by atoms with Gasteiger partial charge in [-0.25, -0.2) is 0 Å². The molecule has 1 aromatic heterocycles. The Labute approximate surface area is 320 Å². The standard InChI is InChI=1S/C53H37NO/c1-3-16-36(17-4-1)37-30-32-40(33-31-37)54(50-35-47-45-25-11-14-29-51(45)55-52(47)46-26-8-7-24-44(46)50)41-21-15-20-39(34-41)53(38-18-5-2-6-19-38)48-27-12-9-22-42(48)43-23-10-13-28-49(43)53/h1-35,42,48H. The number of furan rings is 1. The monoisotopic (exact) mass is 703 g/mol. The van der Waals surface area contributed by atoms with Crippen molar-refractivity contribution in [2.75, 3.05) is 4.90 Å². The van der Waals surface area contributed by atoms with Crippen LogP contribution in [0.5, 0.6) is 0 Å². The lowest BCUT2D eigenvalue weighted by molar-refractivity contribution is 0.457. The van der Waals surface area contributed by atoms with Crippen molar-refractivity contribution < 1.29 is 4.42 Å². The number of benzene rings is 8. The molecule has 0 N–H and O–H groups in total. The summed E-state index contributed by atoms with van der Waals surface area (Å²) in [6.07, 6.45) is 9.30. The van der Waals surface area contributed by atoms with E-state index >= 15 is 0 Å². The van der Waals surface area contributed by atoms with Crippen molar-refractivity contribution in [3.05, 3.63) is 235 Å². The fraction of sp³-hybridized carbons (Fsp3) is 0.0566. The van der Waals surface area contributed by atoms with E-state index in [1.807, 2.05) is 6.07 Å². The van der Waals surface area contributed by atoms with Gasteiger partial charge in [0.05, 0.1) is 11.1 Å². The minimum atomic E-state index is -0.393. The third-order valence-corrected chi connectivity index (χ3v) is 12.0. The van der Waals surface area contributed by atoms with E-state index in [4.69, 9.17) is 4.42 Å². The maximum Gasteiger partial charge on any atom is 0.143 e. The molecule has 8 aromatic carbocycles. The van der Waals surface area contributed by atoms with E-state index in [9.17, 15) is 0 Å². The van der Waals surface area contributed by atoms with Gasteiger partial charge in [-0.2, -0.15) is 0 Å². The molecule has 3 atom stereocenters. The van der Waals surface area contributed by atoms with Crippen LogP contribution in [0.25, 0.3) is 43.8 Å². The summed E-state index contributed by atoms with van der Waals surface area (Å²) in [7, 11) is 0. The summed E-state index contributed by atoms with van der Waals surface area (Å²) in [6.45, 7) is 0. The Morgan fingerprint density at radius 1 is 0.455 bits per heavy atom. The van der Waals surface area contributed by atoms with Crippen molar-refractivity contribution in [2.24, 2.45) is 5.92 Å². The zero-order valence-electron chi connectivity index (χ0n) is 30.2. The molecule has 0 saturated heterocycles. The molecule has 0 radical (unpaired) electrons. The topological polar surface area (TPSA) is 16.4 Å². The van der Waals surface area contributed by atoms with Crippen molar-refractivity contribution in [3.8, 4) is 11.1 Å². The van der Waals surface area contributed by atoms with E-state index in [2.05, 4.69) is 211 Å². The summed E-state index contributed by atoms with van der Waals surface area (Å²) >= 11 is 0. The zero-order valence-corrected chi connectivity index (χ0v) is 30.2. The molecule has 2 nitrogen and oxygen atoms in total. The largest absolute Gasteiger partial charge is 0.455 e. The van der Waals surface area contributed by atoms with Crippen LogP contribution in [0.15, 0.2) is 217 Å². The van der Waals surface area contributed by atoms with E-state index in [1.54, 1.807) is 0 Å². The number of anilines is 3. The lowest BCUT2D eigenvalue weighted by atomic mass is 9.63. The molecule has 2 aliphatic rings. The Bertz CT molecular complexity index is 2940. The van der Waals surface area contributed by atoms with Gasteiger partial charge in [0.15, 0.2) is 0 Å². The highest BCUT2D eigenvalue weighted by molar-refractivity contribution is 6.19. The first-order valence-corrected chi connectivity index (χ1v) is 19.2. The van der Waals surface area contributed by atoms with Crippen LogP contribution < -0.4 is 4.90 Å². The molecule has 1 heterocycles. The van der Waals surface area contributed by atoms with Crippen LogP contribution in [-0.4, -0.2) is 0 Å². The van der Waals surface area contributed by atoms with E-state index in [1.165, 1.54) is 33.4 Å². The zero-order chi connectivity index (χ0) is 36.3. The first-order chi connectivity index (χ1) is 27.3. The number of rotatable bonds is 6. The average molecular weight is 704 g/mol. The predicted molar refractivity (Wildman–Crippen MR) is 229 cm³/mol. The minimum absolute atomic E-state index is 0.223. The highest BCUT2D eigenvalue weighted by atomic mass is 16.3. The molecule has 0 saturated carbocycles. The summed E-state index contributed by atoms with van der Waals surface area (Å²) in [5, 5.41) is 4.46. The van der Waals surface area contributed by atoms with Crippen LogP contribution in [-0.2, 0) is 5.41 Å². The van der Waals surface area contributed by atoms with Gasteiger partial charge < -0.3 is 9.32 Å². The number of allylic oxidation sites excluding steroid dienone is 4. The van der Waals surface area contributed by atoms with E-state index in [-0.39, 0.29) is 11.8 Å². The van der Waals surface area contributed by atoms with Crippen LogP contribution in [0.1, 0.15) is 28.2 Å². The van der Waals surface area contributed by atoms with Gasteiger partial charge in [-0.05, 0) is 69.8 Å². The Morgan fingerprint density at radius 2 is 1.11 bits per heavy atom. The van der Waals surface area contributed by atoms with Gasteiger partial charge in [-0.1, -0.05) is 176 Å². The lowest BCUT2D eigenvalue weighted by Crippen LogP contribution is -2.35. The van der Waals surface area contributed by atoms with Crippen LogP contribution in [0.2, 0.25) is 0 Å². The molecule has 9 aromatic rings. The van der Waals surface area contributed by atoms with Gasteiger partial charge >= 0.3 is 0 Å². The molecule has 0 bridgehead atoms. The molecule has 0 spiro atoms. The van der Waals surface area contributed by atoms with Crippen LogP contribution >= 0.6 is 0 Å². The number of hydrogen-bond donors (Lipinski definition) is 0. The average Bonchev–Trinajstić information content (AvgIpc) is 3.79. The summed E-state index contributed by atoms with van der Waals surface area (Å²) < 4.78 is 6.58. The van der Waals surface area contributed by atoms with Crippen molar-refractivity contribution in [3.63, 3.8) is 0 Å². The molecular weight excluding hydrogens is 667 g/mol. The number of fused-ring (bicyclic) bond motifs is 8. The van der Waals surface area contributed by atoms with Crippen LogP contribution in [0.3, 0.4) is 0 Å². The minimum Gasteiger partial charge on any atom is -0.455 e. The Hall–Kier alpha value is -6.90. The highest BCUT2D eigenvalue weighted by Crippen LogP contribution is 2.60. The quantitative estimate of drug-likeness (QED) is 0.171. The third-order valence-electron chi connectivity index (χ3n) is 12.0. The Kier molecular flexibility index (Phi) is 7.25. The van der Waals surface area contributed by atoms with Crippen molar-refractivity contribution in [1.29, 1.82) is 0 Å². The maximum atomic E-state index is 6.58.